The number of nitrogens with one attached hydrogen (secondary N) is 2. The smallest absolute Gasteiger partial charge is 0.293 e. The predicted molar refractivity (Wildman–Crippen MR) is 131 cm³/mol. The molecule has 2 aliphatic heterocycles. The van der Waals surface area contributed by atoms with Gasteiger partial charge in [0.05, 0.1) is 34.1 Å². The average molecular weight is 478 g/mol. The highest BCUT2D eigenvalue weighted by Crippen LogP contribution is 2.32. The molecule has 3 aromatic carbocycles. The number of rotatable bonds is 2. The lowest BCUT2D eigenvalue weighted by atomic mass is 10.1. The molecule has 0 radical (unpaired) electrons. The largest absolute Gasteiger partial charge is 0.397 e. The first-order valence-electron chi connectivity index (χ1n) is 10.3. The molecule has 0 aromatic heterocycles. The molecule has 3 aromatic rings. The number of carbonyl (C=O) groups excluding carboxylic acids is 2. The molecular formula is C23H22N6O6. The third kappa shape index (κ3) is 5.68. The summed E-state index contributed by atoms with van der Waals surface area (Å²) in [5.41, 5.74) is 15.5. The van der Waals surface area contributed by atoms with E-state index in [2.05, 4.69) is 10.6 Å². The molecule has 12 heteroatoms. The van der Waals surface area contributed by atoms with Crippen molar-refractivity contribution in [2.75, 3.05) is 22.1 Å². The molecule has 12 nitrogen and oxygen atoms in total. The maximum atomic E-state index is 10.9. The molecule has 0 fully saturated rings. The lowest BCUT2D eigenvalue weighted by Gasteiger charge is -2.00. The number of anilines is 4. The number of hydrogen-bond donors (Lipinski definition) is 4. The Morgan fingerprint density at radius 1 is 0.743 bits per heavy atom. The van der Waals surface area contributed by atoms with Crippen molar-refractivity contribution < 1.29 is 19.4 Å². The third-order valence-corrected chi connectivity index (χ3v) is 5.24. The lowest BCUT2D eigenvalue weighted by molar-refractivity contribution is -0.384. The minimum absolute atomic E-state index is 0.0231. The van der Waals surface area contributed by atoms with Crippen LogP contribution in [-0.4, -0.2) is 21.7 Å². The van der Waals surface area contributed by atoms with Gasteiger partial charge in [-0.2, -0.15) is 0 Å². The molecule has 5 rings (SSSR count). The zero-order chi connectivity index (χ0) is 25.7. The quantitative estimate of drug-likeness (QED) is 0.244. The molecule has 0 spiro atoms. The predicted octanol–water partition coefficient (Wildman–Crippen LogP) is 3.34. The van der Waals surface area contributed by atoms with Gasteiger partial charge in [0.2, 0.25) is 11.8 Å². The van der Waals surface area contributed by atoms with E-state index >= 15 is 0 Å². The summed E-state index contributed by atoms with van der Waals surface area (Å²) in [6, 6.07) is 15.0. The van der Waals surface area contributed by atoms with E-state index in [0.29, 0.717) is 23.4 Å². The minimum Gasteiger partial charge on any atom is -0.397 e. The average Bonchev–Trinajstić information content (AvgIpc) is 3.37. The summed E-state index contributed by atoms with van der Waals surface area (Å²) in [6.45, 7) is 1.74. The Morgan fingerprint density at radius 2 is 1.23 bits per heavy atom. The number of benzene rings is 3. The van der Waals surface area contributed by atoms with Crippen LogP contribution in [0.2, 0.25) is 0 Å². The molecular weight excluding hydrogens is 456 g/mol. The van der Waals surface area contributed by atoms with E-state index in [1.54, 1.807) is 37.3 Å². The highest BCUT2D eigenvalue weighted by Gasteiger charge is 2.25. The van der Waals surface area contributed by atoms with Crippen LogP contribution in [0.1, 0.15) is 16.7 Å². The van der Waals surface area contributed by atoms with Crippen LogP contribution >= 0.6 is 0 Å². The standard InChI is InChI=1S/C8H6N2O3.C8H8N2O.C7H8N2O2/c11-7-4-5-2-1-3-6(10(12)13)8(5)9-7;9-6-3-1-2-5-4-7(11)10-8(5)6;1-5-3-2-4-6(7(5)8)9(10)11/h1-3H,4H2,(H,9,11);1-3H,4,9H2,(H,10,11);2-4H,8H2,1H3. The second-order valence-electron chi connectivity index (χ2n) is 7.66. The topological polar surface area (TPSA) is 197 Å². The van der Waals surface area contributed by atoms with Gasteiger partial charge in [-0.3, -0.25) is 29.8 Å². The number of nitrogens with two attached hydrogens (primary N) is 2. The first kappa shape index (κ1) is 24.6. The molecule has 6 N–H and O–H groups in total. The van der Waals surface area contributed by atoms with Crippen molar-refractivity contribution in [3.63, 3.8) is 0 Å². The van der Waals surface area contributed by atoms with Crippen molar-refractivity contribution in [2.24, 2.45) is 0 Å². The summed E-state index contributed by atoms with van der Waals surface area (Å²) in [5.74, 6) is -0.165. The van der Waals surface area contributed by atoms with Gasteiger partial charge >= 0.3 is 0 Å². The maximum Gasteiger partial charge on any atom is 0.293 e. The molecule has 0 saturated carbocycles. The van der Waals surface area contributed by atoms with Crippen molar-refractivity contribution in [2.45, 2.75) is 19.8 Å². The van der Waals surface area contributed by atoms with E-state index in [1.807, 2.05) is 12.1 Å². The molecule has 0 bridgehead atoms. The maximum absolute atomic E-state index is 10.9. The van der Waals surface area contributed by atoms with E-state index in [0.717, 1.165) is 16.8 Å². The van der Waals surface area contributed by atoms with Crippen molar-refractivity contribution in [1.82, 2.24) is 0 Å². The van der Waals surface area contributed by atoms with E-state index in [1.165, 1.54) is 12.1 Å². The second kappa shape index (κ2) is 10.3. The van der Waals surface area contributed by atoms with Crippen molar-refractivity contribution in [3.05, 3.63) is 91.5 Å². The Morgan fingerprint density at radius 3 is 1.77 bits per heavy atom. The van der Waals surface area contributed by atoms with Crippen LogP contribution < -0.4 is 22.1 Å². The first-order chi connectivity index (χ1) is 16.6. The van der Waals surface area contributed by atoms with E-state index < -0.39 is 9.85 Å². The monoisotopic (exact) mass is 478 g/mol. The molecule has 0 saturated heterocycles. The summed E-state index contributed by atoms with van der Waals surface area (Å²) in [5, 5.41) is 26.0. The zero-order valence-corrected chi connectivity index (χ0v) is 18.6. The van der Waals surface area contributed by atoms with E-state index in [9.17, 15) is 29.8 Å². The summed E-state index contributed by atoms with van der Waals surface area (Å²) in [4.78, 5) is 41.7. The number of amides is 2. The third-order valence-electron chi connectivity index (χ3n) is 5.24. The highest BCUT2D eigenvalue weighted by atomic mass is 16.6. The number of fused-ring (bicyclic) bond motifs is 2. The fraction of sp³-hybridized carbons (Fsp3) is 0.130. The Bertz CT molecular complexity index is 1340. The van der Waals surface area contributed by atoms with Gasteiger partial charge in [0.15, 0.2) is 0 Å². The van der Waals surface area contributed by atoms with Gasteiger partial charge in [0.25, 0.3) is 11.4 Å². The van der Waals surface area contributed by atoms with Gasteiger partial charge in [-0.1, -0.05) is 36.4 Å². The molecule has 2 amide bonds. The van der Waals surface area contributed by atoms with Crippen LogP contribution in [0.5, 0.6) is 0 Å². The van der Waals surface area contributed by atoms with Crippen LogP contribution in [0, 0.1) is 27.2 Å². The Kier molecular flexibility index (Phi) is 7.25. The van der Waals surface area contributed by atoms with Gasteiger partial charge in [-0.25, -0.2) is 0 Å². The number of nitro benzene ring substituents is 2. The number of para-hydroxylation sites is 3. The Hall–Kier alpha value is -5.00. The van der Waals surface area contributed by atoms with Crippen molar-refractivity contribution in [1.29, 1.82) is 0 Å². The van der Waals surface area contributed by atoms with E-state index in [4.69, 9.17) is 11.5 Å². The molecule has 0 unspecified atom stereocenters. The summed E-state index contributed by atoms with van der Waals surface area (Å²) in [6.07, 6.45) is 0.692. The van der Waals surface area contributed by atoms with Gasteiger partial charge in [-0.15, -0.1) is 0 Å². The van der Waals surface area contributed by atoms with Crippen molar-refractivity contribution in [3.8, 4) is 0 Å². The Labute approximate surface area is 199 Å². The van der Waals surface area contributed by atoms with Crippen LogP contribution in [0.15, 0.2) is 54.6 Å². The number of hydrogen-bond acceptors (Lipinski definition) is 8. The van der Waals surface area contributed by atoms with Crippen LogP contribution in [0.25, 0.3) is 0 Å². The number of nitrogen functional groups attached to an aromatic ring is 2. The molecule has 35 heavy (non-hydrogen) atoms. The molecule has 180 valence electrons. The molecule has 0 atom stereocenters. The summed E-state index contributed by atoms with van der Waals surface area (Å²) < 4.78 is 0. The van der Waals surface area contributed by atoms with Crippen LogP contribution in [-0.2, 0) is 22.4 Å². The van der Waals surface area contributed by atoms with Crippen molar-refractivity contribution >= 4 is 45.9 Å². The van der Waals surface area contributed by atoms with Crippen LogP contribution in [0.3, 0.4) is 0 Å². The molecule has 0 aliphatic carbocycles. The fourth-order valence-corrected chi connectivity index (χ4v) is 3.49. The van der Waals surface area contributed by atoms with Gasteiger partial charge in [-0.05, 0) is 29.7 Å². The minimum atomic E-state index is -0.496. The van der Waals surface area contributed by atoms with Gasteiger partial charge < -0.3 is 22.1 Å². The SMILES string of the molecule is Cc1cccc([N+](=O)[O-])c1N.Nc1cccc2c1NC(=O)C2.O=C1Cc2cccc([N+](=O)[O-])c2N1. The van der Waals surface area contributed by atoms with Gasteiger partial charge in [0, 0.05) is 12.1 Å². The normalized spacial score (nSPS) is 12.6. The second-order valence-corrected chi connectivity index (χ2v) is 7.66. The summed E-state index contributed by atoms with van der Waals surface area (Å²) in [7, 11) is 0. The Balaban J connectivity index is 0.000000148. The van der Waals surface area contributed by atoms with Gasteiger partial charge in [0.1, 0.15) is 11.4 Å². The zero-order valence-electron chi connectivity index (χ0n) is 18.6. The number of carbonyl (C=O) groups is 2. The number of nitrogens with zero attached hydrogens (tertiary/aromatic N) is 2. The summed E-state index contributed by atoms with van der Waals surface area (Å²) >= 11 is 0. The highest BCUT2D eigenvalue weighted by molar-refractivity contribution is 6.02. The first-order valence-corrected chi connectivity index (χ1v) is 10.3. The lowest BCUT2D eigenvalue weighted by Crippen LogP contribution is -2.04. The van der Waals surface area contributed by atoms with Crippen LogP contribution in [0.4, 0.5) is 34.1 Å². The number of aryl methyl sites for hydroxylation is 1. The molecule has 2 aliphatic rings. The molecule has 2 heterocycles. The fourth-order valence-electron chi connectivity index (χ4n) is 3.49. The number of nitro groups is 2. The van der Waals surface area contributed by atoms with E-state index in [-0.39, 0.29) is 35.3 Å².